The number of rotatable bonds is 1. The van der Waals surface area contributed by atoms with E-state index < -0.39 is 0 Å². The fourth-order valence-electron chi connectivity index (χ4n) is 1.81. The topological polar surface area (TPSA) is 30.2 Å². The number of hydrogen-bond acceptors (Lipinski definition) is 2. The second-order valence-corrected chi connectivity index (χ2v) is 4.15. The summed E-state index contributed by atoms with van der Waals surface area (Å²) in [6.07, 6.45) is 9.50. The van der Waals surface area contributed by atoms with E-state index in [1.54, 1.807) is 6.20 Å². The first-order valence-corrected chi connectivity index (χ1v) is 5.21. The van der Waals surface area contributed by atoms with E-state index in [0.717, 1.165) is 0 Å². The minimum atomic E-state index is 0.633. The molecule has 3 rings (SSSR count). The average Bonchev–Trinajstić information content (AvgIpc) is 2.45. The summed E-state index contributed by atoms with van der Waals surface area (Å²) >= 11 is 5.97. The Morgan fingerprint density at radius 3 is 2.79 bits per heavy atom. The lowest BCUT2D eigenvalue weighted by Crippen LogP contribution is -2.10. The molecular formula is C10H10ClN3. The number of hydrogen-bond donors (Lipinski definition) is 0. The van der Waals surface area contributed by atoms with Gasteiger partial charge in [-0.25, -0.2) is 9.97 Å². The van der Waals surface area contributed by atoms with E-state index in [1.165, 1.54) is 24.8 Å². The van der Waals surface area contributed by atoms with Gasteiger partial charge in [0.1, 0.15) is 5.15 Å². The maximum Gasteiger partial charge on any atom is 0.234 e. The SMILES string of the molecule is Clc1cnc2ncc(C3CCC3)cn12. The second kappa shape index (κ2) is 2.95. The van der Waals surface area contributed by atoms with Gasteiger partial charge < -0.3 is 0 Å². The minimum absolute atomic E-state index is 0.633. The van der Waals surface area contributed by atoms with E-state index in [0.29, 0.717) is 16.8 Å². The third kappa shape index (κ3) is 1.12. The molecule has 3 nitrogen and oxygen atoms in total. The Balaban J connectivity index is 2.13. The quantitative estimate of drug-likeness (QED) is 0.720. The Morgan fingerprint density at radius 2 is 2.07 bits per heavy atom. The van der Waals surface area contributed by atoms with E-state index in [9.17, 15) is 0 Å². The van der Waals surface area contributed by atoms with Gasteiger partial charge in [0, 0.05) is 12.4 Å². The van der Waals surface area contributed by atoms with Gasteiger partial charge in [-0.05, 0) is 24.3 Å². The zero-order valence-electron chi connectivity index (χ0n) is 7.65. The summed E-state index contributed by atoms with van der Waals surface area (Å²) in [5.74, 6) is 1.36. The highest BCUT2D eigenvalue weighted by Crippen LogP contribution is 2.35. The molecular weight excluding hydrogens is 198 g/mol. The van der Waals surface area contributed by atoms with Gasteiger partial charge in [0.2, 0.25) is 5.78 Å². The molecule has 0 amide bonds. The van der Waals surface area contributed by atoms with Gasteiger partial charge in [-0.3, -0.25) is 4.40 Å². The van der Waals surface area contributed by atoms with Crippen molar-refractivity contribution >= 4 is 17.4 Å². The van der Waals surface area contributed by atoms with Gasteiger partial charge in [0.05, 0.1) is 6.20 Å². The van der Waals surface area contributed by atoms with Gasteiger partial charge in [-0.2, -0.15) is 0 Å². The lowest BCUT2D eigenvalue weighted by Gasteiger charge is -2.25. The molecule has 0 aliphatic heterocycles. The van der Waals surface area contributed by atoms with Gasteiger partial charge in [-0.15, -0.1) is 0 Å². The zero-order chi connectivity index (χ0) is 9.54. The fraction of sp³-hybridized carbons (Fsp3) is 0.400. The standard InChI is InChI=1S/C10H10ClN3/c11-9-5-13-10-12-4-8(6-14(9)10)7-2-1-3-7/h4-7H,1-3H2. The molecule has 0 saturated heterocycles. The summed E-state index contributed by atoms with van der Waals surface area (Å²) in [5.41, 5.74) is 1.28. The smallest absolute Gasteiger partial charge is 0.234 e. The predicted octanol–water partition coefficient (Wildman–Crippen LogP) is 2.65. The van der Waals surface area contributed by atoms with Crippen molar-refractivity contribution in [1.82, 2.24) is 14.4 Å². The molecule has 2 aromatic rings. The van der Waals surface area contributed by atoms with Gasteiger partial charge in [-0.1, -0.05) is 18.0 Å². The van der Waals surface area contributed by atoms with Crippen LogP contribution in [0, 0.1) is 0 Å². The summed E-state index contributed by atoms with van der Waals surface area (Å²) in [6, 6.07) is 0. The largest absolute Gasteiger partial charge is 0.274 e. The van der Waals surface area contributed by atoms with Crippen molar-refractivity contribution in [2.75, 3.05) is 0 Å². The van der Waals surface area contributed by atoms with Crippen LogP contribution in [0.5, 0.6) is 0 Å². The summed E-state index contributed by atoms with van der Waals surface area (Å²) in [4.78, 5) is 8.35. The molecule has 0 spiro atoms. The summed E-state index contributed by atoms with van der Waals surface area (Å²) < 4.78 is 1.84. The first kappa shape index (κ1) is 8.24. The monoisotopic (exact) mass is 207 g/mol. The van der Waals surface area contributed by atoms with Crippen molar-refractivity contribution in [3.8, 4) is 0 Å². The van der Waals surface area contributed by atoms with Gasteiger partial charge in [0.25, 0.3) is 0 Å². The lowest BCUT2D eigenvalue weighted by atomic mass is 9.81. The van der Waals surface area contributed by atoms with Crippen molar-refractivity contribution in [3.05, 3.63) is 29.3 Å². The molecule has 2 heterocycles. The molecule has 0 bridgehead atoms. The van der Waals surface area contributed by atoms with Crippen LogP contribution in [0.2, 0.25) is 5.15 Å². The van der Waals surface area contributed by atoms with Gasteiger partial charge in [0.15, 0.2) is 0 Å². The average molecular weight is 208 g/mol. The van der Waals surface area contributed by atoms with E-state index >= 15 is 0 Å². The maximum absolute atomic E-state index is 5.97. The molecule has 1 fully saturated rings. The van der Waals surface area contributed by atoms with Crippen LogP contribution in [-0.2, 0) is 0 Å². The first-order chi connectivity index (χ1) is 6.84. The third-order valence-electron chi connectivity index (χ3n) is 2.92. The van der Waals surface area contributed by atoms with Crippen LogP contribution in [0.3, 0.4) is 0 Å². The molecule has 14 heavy (non-hydrogen) atoms. The van der Waals surface area contributed by atoms with Crippen molar-refractivity contribution in [2.24, 2.45) is 0 Å². The Hall–Kier alpha value is -1.09. The number of halogens is 1. The minimum Gasteiger partial charge on any atom is -0.274 e. The Labute approximate surface area is 86.7 Å². The van der Waals surface area contributed by atoms with E-state index in [1.807, 2.05) is 10.6 Å². The molecule has 4 heteroatoms. The summed E-state index contributed by atoms with van der Waals surface area (Å²) in [5, 5.41) is 0.633. The number of fused-ring (bicyclic) bond motifs is 1. The van der Waals surface area contributed by atoms with Gasteiger partial charge >= 0.3 is 0 Å². The highest BCUT2D eigenvalue weighted by molar-refractivity contribution is 6.29. The maximum atomic E-state index is 5.97. The molecule has 0 aromatic carbocycles. The predicted molar refractivity (Wildman–Crippen MR) is 54.6 cm³/mol. The van der Waals surface area contributed by atoms with Crippen LogP contribution in [0.1, 0.15) is 30.7 Å². The van der Waals surface area contributed by atoms with E-state index in [4.69, 9.17) is 11.6 Å². The van der Waals surface area contributed by atoms with E-state index in [-0.39, 0.29) is 0 Å². The second-order valence-electron chi connectivity index (χ2n) is 3.77. The molecule has 1 saturated carbocycles. The van der Waals surface area contributed by atoms with Crippen LogP contribution in [-0.4, -0.2) is 14.4 Å². The van der Waals surface area contributed by atoms with Crippen LogP contribution in [0.15, 0.2) is 18.6 Å². The molecule has 2 aromatic heterocycles. The van der Waals surface area contributed by atoms with Crippen LogP contribution >= 0.6 is 11.6 Å². The lowest BCUT2D eigenvalue weighted by molar-refractivity contribution is 0.417. The zero-order valence-corrected chi connectivity index (χ0v) is 8.41. The fourth-order valence-corrected chi connectivity index (χ4v) is 1.99. The number of aromatic nitrogens is 3. The van der Waals surface area contributed by atoms with Crippen LogP contribution in [0.25, 0.3) is 5.78 Å². The molecule has 0 unspecified atom stereocenters. The number of imidazole rings is 1. The van der Waals surface area contributed by atoms with Crippen molar-refractivity contribution in [2.45, 2.75) is 25.2 Å². The first-order valence-electron chi connectivity index (χ1n) is 4.83. The summed E-state index contributed by atoms with van der Waals surface area (Å²) in [6.45, 7) is 0. The van der Waals surface area contributed by atoms with Crippen LogP contribution in [0.4, 0.5) is 0 Å². The molecule has 0 radical (unpaired) electrons. The van der Waals surface area contributed by atoms with Crippen LogP contribution < -0.4 is 0 Å². The highest BCUT2D eigenvalue weighted by Gasteiger charge is 2.20. The molecule has 72 valence electrons. The van der Waals surface area contributed by atoms with Crippen molar-refractivity contribution in [3.63, 3.8) is 0 Å². The van der Waals surface area contributed by atoms with Crippen molar-refractivity contribution in [1.29, 1.82) is 0 Å². The number of nitrogens with zero attached hydrogens (tertiary/aromatic N) is 3. The molecule has 1 aliphatic carbocycles. The summed E-state index contributed by atoms with van der Waals surface area (Å²) in [7, 11) is 0. The van der Waals surface area contributed by atoms with E-state index in [2.05, 4.69) is 16.2 Å². The Kier molecular flexibility index (Phi) is 1.74. The normalized spacial score (nSPS) is 17.2. The molecule has 1 aliphatic rings. The highest BCUT2D eigenvalue weighted by atomic mass is 35.5. The third-order valence-corrected chi connectivity index (χ3v) is 3.20. The Bertz CT molecular complexity index is 473. The Morgan fingerprint density at radius 1 is 1.29 bits per heavy atom. The van der Waals surface area contributed by atoms with Crippen molar-refractivity contribution < 1.29 is 0 Å². The molecule has 0 atom stereocenters. The molecule has 0 N–H and O–H groups in total.